The number of nitrogens with one attached hydrogen (secondary N) is 1. The van der Waals surface area contributed by atoms with Gasteiger partial charge in [0.1, 0.15) is 5.82 Å². The minimum atomic E-state index is -3.81. The van der Waals surface area contributed by atoms with Gasteiger partial charge in [0.05, 0.1) is 22.1 Å². The van der Waals surface area contributed by atoms with Crippen LogP contribution in [0.5, 0.6) is 0 Å². The number of pyridine rings is 1. The van der Waals surface area contributed by atoms with E-state index in [1.54, 1.807) is 18.3 Å². The molecule has 0 saturated carbocycles. The lowest BCUT2D eigenvalue weighted by Gasteiger charge is -2.23. The summed E-state index contributed by atoms with van der Waals surface area (Å²) < 4.78 is 32.1. The SMILES string of the molecule is Cc1ccc(S(=O)(=O)NC(c2ccccc2)c2c(C)c3ccccc3n2-c2ccccn2)cc1. The predicted octanol–water partition coefficient (Wildman–Crippen LogP) is 5.71. The fourth-order valence-electron chi connectivity index (χ4n) is 4.37. The van der Waals surface area contributed by atoms with Crippen LogP contribution in [0, 0.1) is 13.8 Å². The molecule has 170 valence electrons. The largest absolute Gasteiger partial charge is 0.296 e. The molecule has 1 atom stereocenters. The lowest BCUT2D eigenvalue weighted by molar-refractivity contribution is 0.568. The van der Waals surface area contributed by atoms with Crippen LogP contribution in [0.25, 0.3) is 16.7 Å². The highest BCUT2D eigenvalue weighted by Crippen LogP contribution is 2.36. The summed E-state index contributed by atoms with van der Waals surface area (Å²) in [6.07, 6.45) is 1.75. The second kappa shape index (κ2) is 8.89. The molecular weight excluding hydrogens is 442 g/mol. The number of hydrogen-bond donors (Lipinski definition) is 1. The van der Waals surface area contributed by atoms with Crippen LogP contribution in [-0.2, 0) is 10.0 Å². The van der Waals surface area contributed by atoms with Crippen molar-refractivity contribution in [1.82, 2.24) is 14.3 Å². The lowest BCUT2D eigenvalue weighted by Crippen LogP contribution is -2.31. The highest BCUT2D eigenvalue weighted by atomic mass is 32.2. The van der Waals surface area contributed by atoms with E-state index < -0.39 is 16.1 Å². The summed E-state index contributed by atoms with van der Waals surface area (Å²) in [7, 11) is -3.81. The van der Waals surface area contributed by atoms with E-state index >= 15 is 0 Å². The molecule has 3 aromatic carbocycles. The number of nitrogens with zero attached hydrogens (tertiary/aromatic N) is 2. The molecule has 5 rings (SSSR count). The number of aromatic nitrogens is 2. The molecule has 0 radical (unpaired) electrons. The second-order valence-electron chi connectivity index (χ2n) is 8.33. The van der Waals surface area contributed by atoms with Crippen LogP contribution in [0.1, 0.15) is 28.4 Å². The maximum atomic E-state index is 13.5. The van der Waals surface area contributed by atoms with Crippen molar-refractivity contribution >= 4 is 20.9 Å². The molecule has 6 heteroatoms. The van der Waals surface area contributed by atoms with Crippen molar-refractivity contribution in [1.29, 1.82) is 0 Å². The Bertz CT molecular complexity index is 1540. The molecule has 1 N–H and O–H groups in total. The summed E-state index contributed by atoms with van der Waals surface area (Å²) in [5.41, 5.74) is 4.67. The Morgan fingerprint density at radius 1 is 0.794 bits per heavy atom. The highest BCUT2D eigenvalue weighted by Gasteiger charge is 2.29. The van der Waals surface area contributed by atoms with Gasteiger partial charge in [0.25, 0.3) is 0 Å². The van der Waals surface area contributed by atoms with Crippen molar-refractivity contribution in [2.45, 2.75) is 24.8 Å². The molecule has 2 heterocycles. The molecule has 1 unspecified atom stereocenters. The first-order chi connectivity index (χ1) is 16.5. The zero-order valence-electron chi connectivity index (χ0n) is 19.0. The first-order valence-electron chi connectivity index (χ1n) is 11.1. The molecule has 5 nitrogen and oxygen atoms in total. The van der Waals surface area contributed by atoms with Crippen LogP contribution in [0.4, 0.5) is 0 Å². The molecule has 0 bridgehead atoms. The standard InChI is InChI=1S/C28H25N3O2S/c1-20-15-17-23(18-16-20)34(32,33)30-27(22-10-4-3-5-11-22)28-21(2)24-12-6-7-13-25(24)31(28)26-14-8-9-19-29-26/h3-19,27,30H,1-2H3. The Hall–Kier alpha value is -3.74. The van der Waals surface area contributed by atoms with E-state index in [1.165, 1.54) is 0 Å². The first kappa shape index (κ1) is 22.1. The van der Waals surface area contributed by atoms with Crippen molar-refractivity contribution < 1.29 is 8.42 Å². The fourth-order valence-corrected chi connectivity index (χ4v) is 5.56. The normalized spacial score (nSPS) is 12.6. The topological polar surface area (TPSA) is 64.0 Å². The first-order valence-corrected chi connectivity index (χ1v) is 12.6. The summed E-state index contributed by atoms with van der Waals surface area (Å²) >= 11 is 0. The zero-order chi connectivity index (χ0) is 23.7. The van der Waals surface area contributed by atoms with Crippen LogP contribution in [-0.4, -0.2) is 18.0 Å². The minimum Gasteiger partial charge on any atom is -0.296 e. The number of fused-ring (bicyclic) bond motifs is 1. The van der Waals surface area contributed by atoms with Crippen molar-refractivity contribution in [3.8, 4) is 5.82 Å². The van der Waals surface area contributed by atoms with Crippen molar-refractivity contribution in [2.24, 2.45) is 0 Å². The van der Waals surface area contributed by atoms with Gasteiger partial charge in [-0.15, -0.1) is 0 Å². The predicted molar refractivity (Wildman–Crippen MR) is 136 cm³/mol. The molecule has 0 saturated heterocycles. The third kappa shape index (κ3) is 4.02. The Kier molecular flexibility index (Phi) is 5.77. The summed E-state index contributed by atoms with van der Waals surface area (Å²) in [5.74, 6) is 0.734. The smallest absolute Gasteiger partial charge is 0.241 e. The van der Waals surface area contributed by atoms with Crippen LogP contribution in [0.3, 0.4) is 0 Å². The second-order valence-corrected chi connectivity index (χ2v) is 10.0. The van der Waals surface area contributed by atoms with Gasteiger partial charge in [-0.2, -0.15) is 4.72 Å². The molecule has 0 spiro atoms. The van der Waals surface area contributed by atoms with Gasteiger partial charge in [-0.25, -0.2) is 13.4 Å². The number of para-hydroxylation sites is 1. The highest BCUT2D eigenvalue weighted by molar-refractivity contribution is 7.89. The maximum absolute atomic E-state index is 13.5. The van der Waals surface area contributed by atoms with E-state index in [0.29, 0.717) is 0 Å². The zero-order valence-corrected chi connectivity index (χ0v) is 19.8. The van der Waals surface area contributed by atoms with Gasteiger partial charge in [0.15, 0.2) is 0 Å². The van der Waals surface area contributed by atoms with E-state index in [2.05, 4.69) is 20.3 Å². The minimum absolute atomic E-state index is 0.234. The Morgan fingerprint density at radius 2 is 1.47 bits per heavy atom. The third-order valence-electron chi connectivity index (χ3n) is 6.06. The molecular formula is C28H25N3O2S. The van der Waals surface area contributed by atoms with Crippen LogP contribution in [0.15, 0.2) is 108 Å². The number of rotatable bonds is 6. The average Bonchev–Trinajstić information content (AvgIpc) is 3.16. The average molecular weight is 468 g/mol. The van der Waals surface area contributed by atoms with E-state index in [-0.39, 0.29) is 4.90 Å². The number of benzene rings is 3. The molecule has 0 fully saturated rings. The van der Waals surface area contributed by atoms with Gasteiger partial charge in [-0.3, -0.25) is 4.57 Å². The van der Waals surface area contributed by atoms with Crippen LogP contribution >= 0.6 is 0 Å². The van der Waals surface area contributed by atoms with Gasteiger partial charge >= 0.3 is 0 Å². The van der Waals surface area contributed by atoms with E-state index in [0.717, 1.165) is 39.1 Å². The van der Waals surface area contributed by atoms with Crippen molar-refractivity contribution in [3.05, 3.63) is 126 Å². The summed E-state index contributed by atoms with van der Waals surface area (Å²) in [6, 6.07) is 29.8. The summed E-state index contributed by atoms with van der Waals surface area (Å²) in [6.45, 7) is 3.97. The van der Waals surface area contributed by atoms with Gasteiger partial charge in [-0.05, 0) is 55.3 Å². The fraction of sp³-hybridized carbons (Fsp3) is 0.107. The Balaban J connectivity index is 1.76. The van der Waals surface area contributed by atoms with E-state index in [1.807, 2.05) is 92.7 Å². The molecule has 0 amide bonds. The molecule has 0 aliphatic heterocycles. The summed E-state index contributed by atoms with van der Waals surface area (Å²) in [5, 5.41) is 1.05. The Morgan fingerprint density at radius 3 is 2.18 bits per heavy atom. The van der Waals surface area contributed by atoms with Gasteiger partial charge in [0, 0.05) is 11.6 Å². The van der Waals surface area contributed by atoms with Crippen LogP contribution in [0.2, 0.25) is 0 Å². The van der Waals surface area contributed by atoms with Gasteiger partial charge in [-0.1, -0.05) is 72.3 Å². The van der Waals surface area contributed by atoms with Gasteiger partial charge < -0.3 is 0 Å². The van der Waals surface area contributed by atoms with Gasteiger partial charge in [0.2, 0.25) is 10.0 Å². The molecule has 2 aromatic heterocycles. The molecule has 0 aliphatic rings. The van der Waals surface area contributed by atoms with Crippen molar-refractivity contribution in [3.63, 3.8) is 0 Å². The number of hydrogen-bond acceptors (Lipinski definition) is 3. The third-order valence-corrected chi connectivity index (χ3v) is 7.50. The number of aryl methyl sites for hydroxylation is 2. The monoisotopic (exact) mass is 467 g/mol. The quantitative estimate of drug-likeness (QED) is 0.348. The van der Waals surface area contributed by atoms with Crippen molar-refractivity contribution in [2.75, 3.05) is 0 Å². The molecule has 0 aliphatic carbocycles. The molecule has 5 aromatic rings. The Labute approximate surface area is 199 Å². The van der Waals surface area contributed by atoms with E-state index in [4.69, 9.17) is 0 Å². The van der Waals surface area contributed by atoms with Crippen LogP contribution < -0.4 is 4.72 Å². The summed E-state index contributed by atoms with van der Waals surface area (Å²) in [4.78, 5) is 4.83. The van der Waals surface area contributed by atoms with E-state index in [9.17, 15) is 8.42 Å². The maximum Gasteiger partial charge on any atom is 0.241 e. The molecule has 34 heavy (non-hydrogen) atoms. The number of sulfonamides is 1. The lowest BCUT2D eigenvalue weighted by atomic mass is 10.0.